The summed E-state index contributed by atoms with van der Waals surface area (Å²) in [5.74, 6) is -0.232. The van der Waals surface area contributed by atoms with E-state index in [0.717, 1.165) is 18.5 Å². The summed E-state index contributed by atoms with van der Waals surface area (Å²) in [7, 11) is 1.57. The molecule has 7 heteroatoms. The molecule has 0 bridgehead atoms. The highest BCUT2D eigenvalue weighted by Crippen LogP contribution is 2.36. The van der Waals surface area contributed by atoms with Crippen LogP contribution in [0, 0.1) is 0 Å². The summed E-state index contributed by atoms with van der Waals surface area (Å²) < 4.78 is 4.84. The van der Waals surface area contributed by atoms with Crippen molar-refractivity contribution in [3.63, 3.8) is 0 Å². The summed E-state index contributed by atoms with van der Waals surface area (Å²) in [6, 6.07) is 1.86. The molecule has 0 atom stereocenters. The minimum atomic E-state index is -0.512. The lowest BCUT2D eigenvalue weighted by molar-refractivity contribution is -0.123. The Morgan fingerprint density at radius 2 is 2.32 bits per heavy atom. The van der Waals surface area contributed by atoms with Gasteiger partial charge in [0.1, 0.15) is 5.69 Å². The normalized spacial score (nSPS) is 21.7. The third kappa shape index (κ3) is 3.31. The monoisotopic (exact) mass is 266 g/mol. The van der Waals surface area contributed by atoms with Crippen molar-refractivity contribution < 1.29 is 14.3 Å². The van der Waals surface area contributed by atoms with Crippen LogP contribution in [0.4, 0.5) is 0 Å². The van der Waals surface area contributed by atoms with Crippen LogP contribution in [0.15, 0.2) is 6.07 Å². The average molecular weight is 266 g/mol. The molecule has 0 saturated heterocycles. The van der Waals surface area contributed by atoms with Crippen molar-refractivity contribution in [3.05, 3.63) is 17.5 Å². The molecule has 1 aromatic heterocycles. The van der Waals surface area contributed by atoms with E-state index in [9.17, 15) is 9.59 Å². The van der Waals surface area contributed by atoms with Crippen molar-refractivity contribution in [1.29, 1.82) is 0 Å². The van der Waals surface area contributed by atoms with Gasteiger partial charge in [0.05, 0.1) is 12.3 Å². The average Bonchev–Trinajstić information content (AvgIpc) is 2.79. The molecule has 1 aliphatic carbocycles. The number of aromatic nitrogens is 2. The van der Waals surface area contributed by atoms with Crippen LogP contribution in [-0.2, 0) is 9.53 Å². The van der Waals surface area contributed by atoms with Crippen molar-refractivity contribution in [1.82, 2.24) is 15.5 Å². The van der Waals surface area contributed by atoms with E-state index in [2.05, 4.69) is 15.5 Å². The molecule has 1 aromatic rings. The van der Waals surface area contributed by atoms with E-state index in [1.807, 2.05) is 0 Å². The number of rotatable bonds is 6. The number of methoxy groups -OCH3 is 1. The lowest BCUT2D eigenvalue weighted by Gasteiger charge is -2.34. The minimum Gasteiger partial charge on any atom is -0.384 e. The Morgan fingerprint density at radius 3 is 2.89 bits per heavy atom. The number of H-pyrrole nitrogens is 1. The smallest absolute Gasteiger partial charge is 0.266 e. The molecule has 0 spiro atoms. The van der Waals surface area contributed by atoms with Crippen LogP contribution in [0.1, 0.15) is 41.4 Å². The number of amides is 2. The van der Waals surface area contributed by atoms with Crippen LogP contribution >= 0.6 is 0 Å². The third-order valence-electron chi connectivity index (χ3n) is 3.32. The number of ether oxygens (including phenoxy) is 1. The van der Waals surface area contributed by atoms with E-state index in [-0.39, 0.29) is 17.9 Å². The highest BCUT2D eigenvalue weighted by Gasteiger charge is 2.33. The predicted molar refractivity (Wildman–Crippen MR) is 67.5 cm³/mol. The molecule has 0 aromatic carbocycles. The van der Waals surface area contributed by atoms with Crippen LogP contribution in [-0.4, -0.2) is 41.8 Å². The summed E-state index contributed by atoms with van der Waals surface area (Å²) >= 11 is 0. The van der Waals surface area contributed by atoms with Gasteiger partial charge in [-0.05, 0) is 18.9 Å². The number of carbonyl (C=O) groups excluding carboxylic acids is 2. The second kappa shape index (κ2) is 5.83. The van der Waals surface area contributed by atoms with Crippen LogP contribution < -0.4 is 11.1 Å². The summed E-state index contributed by atoms with van der Waals surface area (Å²) in [5, 5.41) is 9.61. The van der Waals surface area contributed by atoms with Gasteiger partial charge in [-0.15, -0.1) is 0 Å². The van der Waals surface area contributed by atoms with Crippen LogP contribution in [0.3, 0.4) is 0 Å². The zero-order chi connectivity index (χ0) is 13.8. The third-order valence-corrected chi connectivity index (χ3v) is 3.32. The van der Waals surface area contributed by atoms with Crippen LogP contribution in [0.5, 0.6) is 0 Å². The Hall–Kier alpha value is -1.89. The number of hydrogen-bond acceptors (Lipinski definition) is 4. The number of aromatic amines is 1. The molecule has 0 aliphatic heterocycles. The number of nitrogens with two attached hydrogens (primary N) is 1. The summed E-state index contributed by atoms with van der Waals surface area (Å²) in [6.07, 6.45) is 2.05. The molecule has 0 unspecified atom stereocenters. The van der Waals surface area contributed by atoms with Gasteiger partial charge in [-0.2, -0.15) is 5.10 Å². The Bertz CT molecular complexity index is 465. The number of carbonyl (C=O) groups is 2. The molecule has 7 nitrogen and oxygen atoms in total. The molecular formula is C12H18N4O3. The molecule has 1 heterocycles. The van der Waals surface area contributed by atoms with Crippen LogP contribution in [0.2, 0.25) is 0 Å². The number of primary amides is 1. The molecule has 104 valence electrons. The second-order valence-electron chi connectivity index (χ2n) is 4.75. The Kier molecular flexibility index (Phi) is 4.16. The van der Waals surface area contributed by atoms with Crippen molar-refractivity contribution in [3.8, 4) is 0 Å². The standard InChI is InChI=1S/C12H18N4O3/c1-19-3-2-11(17)14-8-4-7(5-8)9-6-10(12(13)18)16-15-9/h6-8H,2-5H2,1H3,(H2,13,18)(H,14,17)(H,15,16)/t7-,8+. The van der Waals surface area contributed by atoms with Gasteiger partial charge in [-0.3, -0.25) is 14.7 Å². The van der Waals surface area contributed by atoms with Gasteiger partial charge in [0.25, 0.3) is 5.91 Å². The van der Waals surface area contributed by atoms with Gasteiger partial charge < -0.3 is 15.8 Å². The van der Waals surface area contributed by atoms with E-state index >= 15 is 0 Å². The maximum Gasteiger partial charge on any atom is 0.266 e. The number of hydrogen-bond donors (Lipinski definition) is 3. The van der Waals surface area contributed by atoms with Gasteiger partial charge >= 0.3 is 0 Å². The number of nitrogens with one attached hydrogen (secondary N) is 2. The minimum absolute atomic E-state index is 0.00477. The maximum absolute atomic E-state index is 11.5. The highest BCUT2D eigenvalue weighted by molar-refractivity contribution is 5.90. The summed E-state index contributed by atoms with van der Waals surface area (Å²) in [4.78, 5) is 22.4. The van der Waals surface area contributed by atoms with Gasteiger partial charge in [-0.1, -0.05) is 0 Å². The van der Waals surface area contributed by atoms with E-state index < -0.39 is 5.91 Å². The van der Waals surface area contributed by atoms with E-state index in [1.165, 1.54) is 0 Å². The molecule has 4 N–H and O–H groups in total. The van der Waals surface area contributed by atoms with Crippen molar-refractivity contribution in [2.75, 3.05) is 13.7 Å². The fraction of sp³-hybridized carbons (Fsp3) is 0.583. The molecule has 1 aliphatic rings. The van der Waals surface area contributed by atoms with E-state index in [0.29, 0.717) is 18.7 Å². The quantitative estimate of drug-likeness (QED) is 0.668. The van der Waals surface area contributed by atoms with Crippen molar-refractivity contribution in [2.24, 2.45) is 5.73 Å². The Balaban J connectivity index is 1.76. The van der Waals surface area contributed by atoms with Gasteiger partial charge in [0.15, 0.2) is 0 Å². The lowest BCUT2D eigenvalue weighted by atomic mass is 9.78. The SMILES string of the molecule is COCCC(=O)N[C@H]1C[C@@H](c2cc(C(N)=O)[nH]n2)C1. The fourth-order valence-electron chi connectivity index (χ4n) is 2.14. The summed E-state index contributed by atoms with van der Waals surface area (Å²) in [6.45, 7) is 0.434. The first-order chi connectivity index (χ1) is 9.10. The van der Waals surface area contributed by atoms with Gasteiger partial charge in [-0.25, -0.2) is 0 Å². The van der Waals surface area contributed by atoms with Crippen LogP contribution in [0.25, 0.3) is 0 Å². The Morgan fingerprint density at radius 1 is 1.58 bits per heavy atom. The molecular weight excluding hydrogens is 248 g/mol. The van der Waals surface area contributed by atoms with Crippen molar-refractivity contribution >= 4 is 11.8 Å². The molecule has 1 fully saturated rings. The largest absolute Gasteiger partial charge is 0.384 e. The first kappa shape index (κ1) is 13.5. The maximum atomic E-state index is 11.5. The lowest BCUT2D eigenvalue weighted by Crippen LogP contribution is -2.43. The summed E-state index contributed by atoms with van der Waals surface area (Å²) in [5.41, 5.74) is 6.30. The van der Waals surface area contributed by atoms with Gasteiger partial charge in [0, 0.05) is 25.5 Å². The molecule has 1 saturated carbocycles. The predicted octanol–water partition coefficient (Wildman–Crippen LogP) is -0.0927. The highest BCUT2D eigenvalue weighted by atomic mass is 16.5. The number of nitrogens with zero attached hydrogens (tertiary/aromatic N) is 1. The zero-order valence-electron chi connectivity index (χ0n) is 10.8. The van der Waals surface area contributed by atoms with Gasteiger partial charge in [0.2, 0.25) is 5.91 Å². The first-order valence-electron chi connectivity index (χ1n) is 6.23. The Labute approximate surface area is 110 Å². The fourth-order valence-corrected chi connectivity index (χ4v) is 2.14. The molecule has 19 heavy (non-hydrogen) atoms. The van der Waals surface area contributed by atoms with Crippen molar-refractivity contribution in [2.45, 2.75) is 31.2 Å². The first-order valence-corrected chi connectivity index (χ1v) is 6.23. The van der Waals surface area contributed by atoms with E-state index in [1.54, 1.807) is 13.2 Å². The topological polar surface area (TPSA) is 110 Å². The molecule has 2 amide bonds. The van der Waals surface area contributed by atoms with E-state index in [4.69, 9.17) is 10.5 Å². The molecule has 0 radical (unpaired) electrons. The molecule has 2 rings (SSSR count). The second-order valence-corrected chi connectivity index (χ2v) is 4.75. The zero-order valence-corrected chi connectivity index (χ0v) is 10.8.